The van der Waals surface area contributed by atoms with Crippen LogP contribution in [0.1, 0.15) is 20.8 Å². The van der Waals surface area contributed by atoms with Crippen LogP contribution in [0.2, 0.25) is 0 Å². The molecule has 0 saturated carbocycles. The number of aromatic nitrogens is 2. The second-order valence-electron chi connectivity index (χ2n) is 2.72. The SMILES string of the molecule is CC.CC1Cn2cc([N+](=O)[O-])nc2O1. The number of imidazole rings is 1. The standard InChI is InChI=1S/C6H7N3O3.C2H6/c1-4-2-8-3-5(9(10)11)7-6(8)12-4;1-2/h3-4H,2H2,1H3;1-2H3. The lowest BCUT2D eigenvalue weighted by atomic mass is 10.4. The molecule has 0 bridgehead atoms. The van der Waals surface area contributed by atoms with E-state index in [-0.39, 0.29) is 11.9 Å². The van der Waals surface area contributed by atoms with Crippen molar-refractivity contribution in [3.8, 4) is 6.01 Å². The first-order valence-electron chi connectivity index (χ1n) is 4.55. The van der Waals surface area contributed by atoms with Crippen LogP contribution in [-0.2, 0) is 6.54 Å². The molecular weight excluding hydrogens is 186 g/mol. The summed E-state index contributed by atoms with van der Waals surface area (Å²) < 4.78 is 6.83. The molecule has 0 spiro atoms. The van der Waals surface area contributed by atoms with Crippen LogP contribution in [-0.4, -0.2) is 20.6 Å². The Bertz CT molecular complexity index is 311. The van der Waals surface area contributed by atoms with Crippen molar-refractivity contribution in [2.24, 2.45) is 0 Å². The molecule has 2 rings (SSSR count). The maximum atomic E-state index is 10.3. The Morgan fingerprint density at radius 3 is 2.86 bits per heavy atom. The number of hydrogen-bond acceptors (Lipinski definition) is 4. The van der Waals surface area contributed by atoms with E-state index in [1.807, 2.05) is 20.8 Å². The predicted molar refractivity (Wildman–Crippen MR) is 50.3 cm³/mol. The Morgan fingerprint density at radius 2 is 2.36 bits per heavy atom. The third-order valence-electron chi connectivity index (χ3n) is 1.67. The molecule has 1 aromatic heterocycles. The molecule has 2 heterocycles. The van der Waals surface area contributed by atoms with E-state index < -0.39 is 4.92 Å². The second kappa shape index (κ2) is 4.08. The van der Waals surface area contributed by atoms with Crippen molar-refractivity contribution in [2.75, 3.05) is 0 Å². The molecule has 0 N–H and O–H groups in total. The summed E-state index contributed by atoms with van der Waals surface area (Å²) >= 11 is 0. The zero-order chi connectivity index (χ0) is 10.7. The first-order chi connectivity index (χ1) is 6.66. The van der Waals surface area contributed by atoms with Crippen LogP contribution in [0, 0.1) is 10.1 Å². The lowest BCUT2D eigenvalue weighted by Crippen LogP contribution is -2.08. The van der Waals surface area contributed by atoms with Crippen LogP contribution in [0.3, 0.4) is 0 Å². The normalized spacial score (nSPS) is 17.8. The van der Waals surface area contributed by atoms with Gasteiger partial charge in [0.2, 0.25) is 0 Å². The first kappa shape index (κ1) is 10.5. The van der Waals surface area contributed by atoms with Gasteiger partial charge in [-0.15, -0.1) is 0 Å². The Kier molecular flexibility index (Phi) is 3.06. The molecule has 6 heteroatoms. The van der Waals surface area contributed by atoms with Gasteiger partial charge in [-0.25, -0.2) is 0 Å². The van der Waals surface area contributed by atoms with Crippen LogP contribution < -0.4 is 4.74 Å². The fourth-order valence-electron chi connectivity index (χ4n) is 1.19. The summed E-state index contributed by atoms with van der Waals surface area (Å²) in [5.74, 6) is -0.156. The average molecular weight is 199 g/mol. The highest BCUT2D eigenvalue weighted by Gasteiger charge is 2.28. The first-order valence-corrected chi connectivity index (χ1v) is 4.55. The number of nitro groups is 1. The van der Waals surface area contributed by atoms with Gasteiger partial charge in [-0.1, -0.05) is 13.8 Å². The van der Waals surface area contributed by atoms with Crippen LogP contribution in [0.5, 0.6) is 6.01 Å². The Hall–Kier alpha value is -1.59. The van der Waals surface area contributed by atoms with E-state index in [1.54, 1.807) is 4.57 Å². The summed E-state index contributed by atoms with van der Waals surface area (Å²) in [6, 6.07) is 0.342. The number of hydrogen-bond donors (Lipinski definition) is 0. The van der Waals surface area contributed by atoms with E-state index >= 15 is 0 Å². The topological polar surface area (TPSA) is 70.2 Å². The molecule has 1 aliphatic heterocycles. The highest BCUT2D eigenvalue weighted by Crippen LogP contribution is 2.23. The van der Waals surface area contributed by atoms with Crippen LogP contribution in [0.25, 0.3) is 0 Å². The summed E-state index contributed by atoms with van der Waals surface area (Å²) in [5.41, 5.74) is 0. The van der Waals surface area contributed by atoms with Crippen molar-refractivity contribution in [3.05, 3.63) is 16.3 Å². The lowest BCUT2D eigenvalue weighted by Gasteiger charge is -1.96. The molecule has 1 aromatic rings. The number of nitrogens with zero attached hydrogens (tertiary/aromatic N) is 3. The zero-order valence-corrected chi connectivity index (χ0v) is 8.43. The van der Waals surface area contributed by atoms with E-state index in [4.69, 9.17) is 4.74 Å². The van der Waals surface area contributed by atoms with E-state index in [0.717, 1.165) is 0 Å². The van der Waals surface area contributed by atoms with Gasteiger partial charge in [0.25, 0.3) is 0 Å². The highest BCUT2D eigenvalue weighted by atomic mass is 16.6. The summed E-state index contributed by atoms with van der Waals surface area (Å²) in [4.78, 5) is 13.4. The fourth-order valence-corrected chi connectivity index (χ4v) is 1.19. The molecule has 14 heavy (non-hydrogen) atoms. The van der Waals surface area contributed by atoms with Gasteiger partial charge < -0.3 is 14.9 Å². The third kappa shape index (κ3) is 1.84. The molecule has 1 atom stereocenters. The molecule has 0 aromatic carbocycles. The Morgan fingerprint density at radius 1 is 1.71 bits per heavy atom. The molecule has 0 radical (unpaired) electrons. The largest absolute Gasteiger partial charge is 0.441 e. The van der Waals surface area contributed by atoms with E-state index in [9.17, 15) is 10.1 Å². The molecule has 6 nitrogen and oxygen atoms in total. The Labute approximate surface area is 81.7 Å². The van der Waals surface area contributed by atoms with Gasteiger partial charge in [0.1, 0.15) is 12.3 Å². The third-order valence-corrected chi connectivity index (χ3v) is 1.67. The molecule has 0 amide bonds. The average Bonchev–Trinajstić information content (AvgIpc) is 2.64. The van der Waals surface area contributed by atoms with Gasteiger partial charge in [-0.3, -0.25) is 4.57 Å². The fraction of sp³-hybridized carbons (Fsp3) is 0.625. The Balaban J connectivity index is 0.000000461. The minimum absolute atomic E-state index is 0.0632. The summed E-state index contributed by atoms with van der Waals surface area (Å²) in [6.07, 6.45) is 1.45. The van der Waals surface area contributed by atoms with Crippen LogP contribution in [0.4, 0.5) is 5.82 Å². The summed E-state index contributed by atoms with van der Waals surface area (Å²) in [6.45, 7) is 6.52. The molecule has 0 saturated heterocycles. The number of rotatable bonds is 1. The second-order valence-corrected chi connectivity index (χ2v) is 2.72. The molecule has 0 fully saturated rings. The zero-order valence-electron chi connectivity index (χ0n) is 8.43. The van der Waals surface area contributed by atoms with Gasteiger partial charge in [-0.2, -0.15) is 0 Å². The molecular formula is C8H13N3O3. The van der Waals surface area contributed by atoms with Crippen molar-refractivity contribution < 1.29 is 9.66 Å². The quantitative estimate of drug-likeness (QED) is 0.508. The van der Waals surface area contributed by atoms with Crippen molar-refractivity contribution in [2.45, 2.75) is 33.4 Å². The molecule has 78 valence electrons. The van der Waals surface area contributed by atoms with Crippen LogP contribution in [0.15, 0.2) is 6.20 Å². The summed E-state index contributed by atoms with van der Waals surface area (Å²) in [7, 11) is 0. The van der Waals surface area contributed by atoms with Crippen molar-refractivity contribution >= 4 is 5.82 Å². The minimum atomic E-state index is -0.528. The highest BCUT2D eigenvalue weighted by molar-refractivity contribution is 5.22. The maximum Gasteiger partial charge on any atom is 0.414 e. The smallest absolute Gasteiger partial charge is 0.414 e. The monoisotopic (exact) mass is 199 g/mol. The van der Waals surface area contributed by atoms with Gasteiger partial charge >= 0.3 is 11.8 Å². The molecule has 1 unspecified atom stereocenters. The minimum Gasteiger partial charge on any atom is -0.441 e. The van der Waals surface area contributed by atoms with Crippen molar-refractivity contribution in [1.29, 1.82) is 0 Å². The maximum absolute atomic E-state index is 10.3. The van der Waals surface area contributed by atoms with Gasteiger partial charge in [0.15, 0.2) is 0 Å². The van der Waals surface area contributed by atoms with Crippen molar-refractivity contribution in [1.82, 2.24) is 9.55 Å². The summed E-state index contributed by atoms with van der Waals surface area (Å²) in [5, 5.41) is 10.3. The predicted octanol–water partition coefficient (Wildman–Crippen LogP) is 1.60. The van der Waals surface area contributed by atoms with E-state index in [2.05, 4.69) is 4.98 Å². The van der Waals surface area contributed by atoms with Gasteiger partial charge in [0.05, 0.1) is 6.54 Å². The van der Waals surface area contributed by atoms with E-state index in [0.29, 0.717) is 12.6 Å². The number of fused-ring (bicyclic) bond motifs is 1. The van der Waals surface area contributed by atoms with E-state index in [1.165, 1.54) is 6.20 Å². The number of ether oxygens (including phenoxy) is 1. The lowest BCUT2D eigenvalue weighted by molar-refractivity contribution is -0.389. The van der Waals surface area contributed by atoms with Crippen molar-refractivity contribution in [3.63, 3.8) is 0 Å². The van der Waals surface area contributed by atoms with Gasteiger partial charge in [0, 0.05) is 4.98 Å². The molecule has 0 aliphatic carbocycles. The van der Waals surface area contributed by atoms with Crippen LogP contribution >= 0.6 is 0 Å². The molecule has 1 aliphatic rings. The van der Waals surface area contributed by atoms with Gasteiger partial charge in [-0.05, 0) is 11.8 Å².